The Bertz CT molecular complexity index is 581. The van der Waals surface area contributed by atoms with Gasteiger partial charge in [-0.05, 0) is 12.1 Å². The fourth-order valence-corrected chi connectivity index (χ4v) is 1.11. The van der Waals surface area contributed by atoms with Gasteiger partial charge in [0.25, 0.3) is 5.95 Å². The number of aromatic nitrogens is 4. The molecule has 0 aromatic carbocycles. The first kappa shape index (κ1) is 11.1. The van der Waals surface area contributed by atoms with Crippen molar-refractivity contribution < 1.29 is 13.2 Å². The van der Waals surface area contributed by atoms with Crippen LogP contribution in [0.15, 0.2) is 24.5 Å². The van der Waals surface area contributed by atoms with Crippen LogP contribution in [0, 0.1) is 11.3 Å². The molecule has 2 aromatic heterocycles. The second-order valence-electron chi connectivity index (χ2n) is 3.00. The normalized spacial score (nSPS) is 11.2. The molecule has 0 bridgehead atoms. The maximum absolute atomic E-state index is 12.3. The van der Waals surface area contributed by atoms with Crippen LogP contribution in [0.3, 0.4) is 0 Å². The lowest BCUT2D eigenvalue weighted by molar-refractivity contribution is -0.141. The highest BCUT2D eigenvalue weighted by molar-refractivity contribution is 5.23. The molecule has 0 amide bonds. The predicted octanol–water partition coefficient (Wildman–Crippen LogP) is 1.55. The SMILES string of the molecule is N#Cc1ccnc(-n2ccc(C(F)(F)F)n2)n1. The van der Waals surface area contributed by atoms with E-state index in [1.165, 1.54) is 12.3 Å². The van der Waals surface area contributed by atoms with Crippen LogP contribution >= 0.6 is 0 Å². The average molecular weight is 239 g/mol. The van der Waals surface area contributed by atoms with Gasteiger partial charge < -0.3 is 0 Å². The van der Waals surface area contributed by atoms with Gasteiger partial charge >= 0.3 is 6.18 Å². The molecule has 8 heteroatoms. The summed E-state index contributed by atoms with van der Waals surface area (Å²) in [6.45, 7) is 0. The molecule has 0 spiro atoms. The molecule has 5 nitrogen and oxygen atoms in total. The first-order valence-electron chi connectivity index (χ1n) is 4.37. The van der Waals surface area contributed by atoms with Crippen LogP contribution < -0.4 is 0 Å². The molecular weight excluding hydrogens is 235 g/mol. The quantitative estimate of drug-likeness (QED) is 0.757. The summed E-state index contributed by atoms with van der Waals surface area (Å²) in [5.74, 6) is -0.0837. The highest BCUT2D eigenvalue weighted by atomic mass is 19.4. The summed E-state index contributed by atoms with van der Waals surface area (Å²) in [7, 11) is 0. The van der Waals surface area contributed by atoms with E-state index in [4.69, 9.17) is 5.26 Å². The Kier molecular flexibility index (Phi) is 2.51. The molecule has 0 aliphatic heterocycles. The average Bonchev–Trinajstić information content (AvgIpc) is 2.78. The monoisotopic (exact) mass is 239 g/mol. The molecule has 0 saturated heterocycles. The molecule has 0 aliphatic carbocycles. The van der Waals surface area contributed by atoms with Crippen LogP contribution in [0.2, 0.25) is 0 Å². The van der Waals surface area contributed by atoms with E-state index in [0.29, 0.717) is 0 Å². The number of hydrogen-bond donors (Lipinski definition) is 0. The molecule has 0 N–H and O–H groups in total. The topological polar surface area (TPSA) is 67.4 Å². The van der Waals surface area contributed by atoms with Gasteiger partial charge in [0.2, 0.25) is 0 Å². The van der Waals surface area contributed by atoms with E-state index in [1.807, 2.05) is 0 Å². The second-order valence-corrected chi connectivity index (χ2v) is 3.00. The zero-order chi connectivity index (χ0) is 12.5. The number of halogens is 3. The van der Waals surface area contributed by atoms with Gasteiger partial charge in [0.05, 0.1) is 0 Å². The fourth-order valence-electron chi connectivity index (χ4n) is 1.11. The first-order chi connectivity index (χ1) is 8.00. The van der Waals surface area contributed by atoms with E-state index in [0.717, 1.165) is 16.9 Å². The molecule has 2 rings (SSSR count). The smallest absolute Gasteiger partial charge is 0.220 e. The summed E-state index contributed by atoms with van der Waals surface area (Å²) in [6, 6.07) is 3.91. The number of rotatable bonds is 1. The van der Waals surface area contributed by atoms with Crippen molar-refractivity contribution in [2.24, 2.45) is 0 Å². The van der Waals surface area contributed by atoms with Gasteiger partial charge in [-0.1, -0.05) is 0 Å². The van der Waals surface area contributed by atoms with Crippen molar-refractivity contribution in [2.75, 3.05) is 0 Å². The Hall–Kier alpha value is -2.43. The van der Waals surface area contributed by atoms with Crippen molar-refractivity contribution in [1.82, 2.24) is 19.7 Å². The van der Waals surface area contributed by atoms with Crippen LogP contribution in [0.25, 0.3) is 5.95 Å². The Labute approximate surface area is 93.2 Å². The molecule has 0 aliphatic rings. The van der Waals surface area contributed by atoms with E-state index < -0.39 is 11.9 Å². The van der Waals surface area contributed by atoms with Gasteiger partial charge in [0, 0.05) is 12.4 Å². The third kappa shape index (κ3) is 2.23. The molecule has 0 saturated carbocycles. The molecule has 0 unspecified atom stereocenters. The first-order valence-corrected chi connectivity index (χ1v) is 4.37. The highest BCUT2D eigenvalue weighted by Crippen LogP contribution is 2.27. The van der Waals surface area contributed by atoms with Crippen molar-refractivity contribution in [3.05, 3.63) is 35.9 Å². The third-order valence-electron chi connectivity index (χ3n) is 1.84. The van der Waals surface area contributed by atoms with Crippen molar-refractivity contribution in [3.63, 3.8) is 0 Å². The van der Waals surface area contributed by atoms with Gasteiger partial charge in [-0.25, -0.2) is 14.6 Å². The van der Waals surface area contributed by atoms with Crippen LogP contribution in [-0.2, 0) is 6.18 Å². The molecule has 0 radical (unpaired) electrons. The van der Waals surface area contributed by atoms with Gasteiger partial charge in [0.15, 0.2) is 5.69 Å². The van der Waals surface area contributed by atoms with E-state index in [2.05, 4.69) is 15.1 Å². The van der Waals surface area contributed by atoms with Crippen LogP contribution in [0.4, 0.5) is 13.2 Å². The summed E-state index contributed by atoms with van der Waals surface area (Å²) in [5.41, 5.74) is -0.984. The number of nitriles is 1. The lowest BCUT2D eigenvalue weighted by Gasteiger charge is -2.01. The predicted molar refractivity (Wildman–Crippen MR) is 48.9 cm³/mol. The van der Waals surface area contributed by atoms with E-state index in [1.54, 1.807) is 6.07 Å². The molecule has 0 atom stereocenters. The molecule has 86 valence electrons. The summed E-state index contributed by atoms with van der Waals surface area (Å²) in [5, 5.41) is 11.9. The largest absolute Gasteiger partial charge is 0.435 e. The Morgan fingerprint density at radius 2 is 2.06 bits per heavy atom. The summed E-state index contributed by atoms with van der Waals surface area (Å²) in [6.07, 6.45) is -2.16. The van der Waals surface area contributed by atoms with Crippen molar-refractivity contribution >= 4 is 0 Å². The standard InChI is InChI=1S/C9H4F3N5/c10-9(11,12)7-2-4-17(16-7)8-14-3-1-6(5-13)15-8/h1-4H. The zero-order valence-electron chi connectivity index (χ0n) is 8.18. The highest BCUT2D eigenvalue weighted by Gasteiger charge is 2.33. The fraction of sp³-hybridized carbons (Fsp3) is 0.111. The lowest BCUT2D eigenvalue weighted by Crippen LogP contribution is -2.08. The summed E-state index contributed by atoms with van der Waals surface area (Å²) >= 11 is 0. The van der Waals surface area contributed by atoms with Crippen molar-refractivity contribution in [2.45, 2.75) is 6.18 Å². The van der Waals surface area contributed by atoms with Crippen LogP contribution in [0.1, 0.15) is 11.4 Å². The molecular formula is C9H4F3N5. The van der Waals surface area contributed by atoms with E-state index in [-0.39, 0.29) is 11.6 Å². The van der Waals surface area contributed by atoms with Crippen molar-refractivity contribution in [3.8, 4) is 12.0 Å². The second kappa shape index (κ2) is 3.86. The Balaban J connectivity index is 2.41. The maximum atomic E-state index is 12.3. The minimum absolute atomic E-state index is 0.0547. The van der Waals surface area contributed by atoms with E-state index in [9.17, 15) is 13.2 Å². The molecule has 17 heavy (non-hydrogen) atoms. The van der Waals surface area contributed by atoms with Crippen LogP contribution in [-0.4, -0.2) is 19.7 Å². The van der Waals surface area contributed by atoms with Gasteiger partial charge in [0.1, 0.15) is 11.8 Å². The minimum Gasteiger partial charge on any atom is -0.220 e. The lowest BCUT2D eigenvalue weighted by atomic mass is 10.4. The van der Waals surface area contributed by atoms with Crippen molar-refractivity contribution in [1.29, 1.82) is 5.26 Å². The van der Waals surface area contributed by atoms with Crippen LogP contribution in [0.5, 0.6) is 0 Å². The maximum Gasteiger partial charge on any atom is 0.435 e. The number of alkyl halides is 3. The molecule has 2 heterocycles. The van der Waals surface area contributed by atoms with Gasteiger partial charge in [-0.3, -0.25) is 0 Å². The summed E-state index contributed by atoms with van der Waals surface area (Å²) in [4.78, 5) is 7.44. The van der Waals surface area contributed by atoms with Gasteiger partial charge in [-0.15, -0.1) is 0 Å². The summed E-state index contributed by atoms with van der Waals surface area (Å²) < 4.78 is 37.7. The number of hydrogen-bond acceptors (Lipinski definition) is 4. The zero-order valence-corrected chi connectivity index (χ0v) is 8.18. The van der Waals surface area contributed by atoms with Gasteiger partial charge in [-0.2, -0.15) is 23.5 Å². The van der Waals surface area contributed by atoms with E-state index >= 15 is 0 Å². The Morgan fingerprint density at radius 1 is 1.29 bits per heavy atom. The Morgan fingerprint density at radius 3 is 2.65 bits per heavy atom. The molecule has 2 aromatic rings. The number of nitrogens with zero attached hydrogens (tertiary/aromatic N) is 5. The third-order valence-corrected chi connectivity index (χ3v) is 1.84. The molecule has 0 fully saturated rings. The minimum atomic E-state index is -4.52.